The molecule has 0 unspecified atom stereocenters. The number of aromatic amines is 1. The zero-order valence-electron chi connectivity index (χ0n) is 14.3. The van der Waals surface area contributed by atoms with Gasteiger partial charge in [0.05, 0.1) is 33.4 Å². The Morgan fingerprint density at radius 2 is 2.07 bits per heavy atom. The number of ether oxygens (including phenoxy) is 1. The minimum Gasteiger partial charge on any atom is -0.456 e. The first-order valence-corrected chi connectivity index (χ1v) is 8.54. The molecule has 4 rings (SSSR count). The van der Waals surface area contributed by atoms with E-state index in [0.717, 1.165) is 0 Å². The van der Waals surface area contributed by atoms with Gasteiger partial charge in [-0.15, -0.1) is 0 Å². The van der Waals surface area contributed by atoms with Crippen LogP contribution in [0.25, 0.3) is 11.0 Å². The predicted molar refractivity (Wildman–Crippen MR) is 104 cm³/mol. The summed E-state index contributed by atoms with van der Waals surface area (Å²) in [7, 11) is 0. The number of rotatable bonds is 4. The van der Waals surface area contributed by atoms with Crippen LogP contribution < -0.4 is 10.5 Å². The van der Waals surface area contributed by atoms with E-state index in [4.69, 9.17) is 27.3 Å². The highest BCUT2D eigenvalue weighted by Crippen LogP contribution is 2.31. The number of halogens is 1. The number of nitrogens with one attached hydrogen (secondary N) is 1. The summed E-state index contributed by atoms with van der Waals surface area (Å²) < 4.78 is 5.67. The van der Waals surface area contributed by atoms with Crippen molar-refractivity contribution in [3.8, 4) is 17.6 Å². The van der Waals surface area contributed by atoms with Gasteiger partial charge in [-0.3, -0.25) is 9.78 Å². The van der Waals surface area contributed by atoms with E-state index >= 15 is 0 Å². The molecular formula is C20H12ClN5O2. The molecule has 0 fully saturated rings. The Kier molecular flexibility index (Phi) is 4.39. The van der Waals surface area contributed by atoms with E-state index in [2.05, 4.69) is 15.0 Å². The Balaban J connectivity index is 1.71. The number of benzene rings is 1. The molecule has 28 heavy (non-hydrogen) atoms. The number of nitrogens with two attached hydrogens (primary N) is 1. The number of nitrogens with zero attached hydrogens (tertiary/aromatic N) is 3. The molecule has 4 aromatic rings. The van der Waals surface area contributed by atoms with E-state index in [1.807, 2.05) is 6.07 Å². The molecule has 0 bridgehead atoms. The number of pyridine rings is 2. The second-order valence-corrected chi connectivity index (χ2v) is 6.29. The highest BCUT2D eigenvalue weighted by Gasteiger charge is 2.21. The van der Waals surface area contributed by atoms with Crippen molar-refractivity contribution in [3.63, 3.8) is 0 Å². The average molecular weight is 390 g/mol. The first-order valence-electron chi connectivity index (χ1n) is 8.16. The van der Waals surface area contributed by atoms with Gasteiger partial charge < -0.3 is 15.5 Å². The number of H-pyrrole nitrogens is 1. The Morgan fingerprint density at radius 3 is 2.79 bits per heavy atom. The lowest BCUT2D eigenvalue weighted by molar-refractivity contribution is 0.104. The van der Waals surface area contributed by atoms with Gasteiger partial charge in [0.15, 0.2) is 5.78 Å². The molecule has 3 heterocycles. The number of nitriles is 1. The third-order valence-electron chi connectivity index (χ3n) is 4.16. The molecule has 1 aromatic carbocycles. The number of nitrogen functional groups attached to an aromatic ring is 1. The predicted octanol–water partition coefficient (Wildman–Crippen LogP) is 4.09. The monoisotopic (exact) mass is 389 g/mol. The van der Waals surface area contributed by atoms with Crippen LogP contribution in [0.3, 0.4) is 0 Å². The van der Waals surface area contributed by atoms with Crippen molar-refractivity contribution in [2.75, 3.05) is 5.73 Å². The zero-order chi connectivity index (χ0) is 19.7. The van der Waals surface area contributed by atoms with Gasteiger partial charge in [-0.05, 0) is 24.3 Å². The number of hydrogen-bond acceptors (Lipinski definition) is 6. The average Bonchev–Trinajstić information content (AvgIpc) is 3.14. The van der Waals surface area contributed by atoms with E-state index in [1.54, 1.807) is 42.7 Å². The van der Waals surface area contributed by atoms with E-state index in [-0.39, 0.29) is 27.6 Å². The highest BCUT2D eigenvalue weighted by atomic mass is 35.5. The number of anilines is 1. The molecule has 0 aliphatic heterocycles. The van der Waals surface area contributed by atoms with Gasteiger partial charge >= 0.3 is 0 Å². The molecular weight excluding hydrogens is 378 g/mol. The van der Waals surface area contributed by atoms with E-state index < -0.39 is 0 Å². The fourth-order valence-corrected chi connectivity index (χ4v) is 3.08. The van der Waals surface area contributed by atoms with Crippen LogP contribution in [0.5, 0.6) is 11.5 Å². The van der Waals surface area contributed by atoms with Crippen molar-refractivity contribution in [2.45, 2.75) is 0 Å². The molecule has 136 valence electrons. The van der Waals surface area contributed by atoms with Crippen LogP contribution in [0.4, 0.5) is 5.69 Å². The molecule has 8 heteroatoms. The van der Waals surface area contributed by atoms with E-state index in [9.17, 15) is 4.79 Å². The number of carbonyl (C=O) groups excluding carboxylic acids is 1. The largest absolute Gasteiger partial charge is 0.456 e. The van der Waals surface area contributed by atoms with Gasteiger partial charge in [-0.2, -0.15) is 5.26 Å². The van der Waals surface area contributed by atoms with Crippen molar-refractivity contribution >= 4 is 34.1 Å². The molecule has 0 amide bonds. The molecule has 3 aromatic heterocycles. The van der Waals surface area contributed by atoms with Gasteiger partial charge in [0.2, 0.25) is 0 Å². The normalized spacial score (nSPS) is 10.6. The lowest BCUT2D eigenvalue weighted by Crippen LogP contribution is -2.03. The minimum absolute atomic E-state index is 0.199. The maximum absolute atomic E-state index is 13.0. The van der Waals surface area contributed by atoms with Gasteiger partial charge in [0.25, 0.3) is 0 Å². The summed E-state index contributed by atoms with van der Waals surface area (Å²) in [5.41, 5.74) is 7.44. The van der Waals surface area contributed by atoms with Gasteiger partial charge in [-0.1, -0.05) is 11.6 Å². The molecule has 3 N–H and O–H groups in total. The van der Waals surface area contributed by atoms with Crippen LogP contribution in [0.2, 0.25) is 5.02 Å². The van der Waals surface area contributed by atoms with Gasteiger partial charge in [0.1, 0.15) is 23.2 Å². The number of aromatic nitrogens is 3. The summed E-state index contributed by atoms with van der Waals surface area (Å²) in [5.74, 6) is 0.686. The second kappa shape index (κ2) is 7.02. The van der Waals surface area contributed by atoms with Crippen LogP contribution >= 0.6 is 11.6 Å². The highest BCUT2D eigenvalue weighted by molar-refractivity contribution is 6.35. The second-order valence-electron chi connectivity index (χ2n) is 5.88. The Hall–Kier alpha value is -3.89. The maximum Gasteiger partial charge on any atom is 0.196 e. The summed E-state index contributed by atoms with van der Waals surface area (Å²) in [6.45, 7) is 0. The molecule has 0 saturated carbocycles. The summed E-state index contributed by atoms with van der Waals surface area (Å²) in [4.78, 5) is 24.0. The number of ketones is 1. The van der Waals surface area contributed by atoms with Crippen molar-refractivity contribution < 1.29 is 9.53 Å². The van der Waals surface area contributed by atoms with Crippen molar-refractivity contribution in [2.24, 2.45) is 0 Å². The molecule has 0 aliphatic carbocycles. The Labute approximate surface area is 164 Å². The summed E-state index contributed by atoms with van der Waals surface area (Å²) in [6, 6.07) is 10.2. The van der Waals surface area contributed by atoms with Crippen LogP contribution in [-0.2, 0) is 0 Å². The lowest BCUT2D eigenvalue weighted by atomic mass is 10.0. The summed E-state index contributed by atoms with van der Waals surface area (Å²) in [6.07, 6.45) is 6.08. The third-order valence-corrected chi connectivity index (χ3v) is 4.47. The van der Waals surface area contributed by atoms with Crippen molar-refractivity contribution in [1.82, 2.24) is 15.0 Å². The zero-order valence-corrected chi connectivity index (χ0v) is 15.1. The molecule has 0 spiro atoms. The molecule has 7 nitrogen and oxygen atoms in total. The quantitative estimate of drug-likeness (QED) is 0.507. The Morgan fingerprint density at radius 1 is 1.21 bits per heavy atom. The van der Waals surface area contributed by atoms with Crippen molar-refractivity contribution in [1.29, 1.82) is 5.26 Å². The van der Waals surface area contributed by atoms with Crippen LogP contribution in [0.15, 0.2) is 55.1 Å². The molecule has 0 atom stereocenters. The van der Waals surface area contributed by atoms with Crippen LogP contribution in [-0.4, -0.2) is 20.7 Å². The fourth-order valence-electron chi connectivity index (χ4n) is 2.82. The van der Waals surface area contributed by atoms with Crippen LogP contribution in [0, 0.1) is 11.3 Å². The topological polar surface area (TPSA) is 118 Å². The number of carbonyl (C=O) groups is 1. The lowest BCUT2D eigenvalue weighted by Gasteiger charge is -2.08. The smallest absolute Gasteiger partial charge is 0.196 e. The third kappa shape index (κ3) is 3.02. The van der Waals surface area contributed by atoms with Crippen LogP contribution in [0.1, 0.15) is 21.5 Å². The first kappa shape index (κ1) is 17.5. The van der Waals surface area contributed by atoms with Gasteiger partial charge in [0, 0.05) is 30.2 Å². The van der Waals surface area contributed by atoms with E-state index in [0.29, 0.717) is 28.1 Å². The maximum atomic E-state index is 13.0. The standard InChI is InChI=1S/C20H12ClN5O2/c21-16-6-12(28-13-2-1-5-24-9-13)3-4-14(16)19(27)15-10-26-20-17(15)18(23)11(7-22)8-25-20/h1-6,8-10H,(H3,23,25,26). The number of fused-ring (bicyclic) bond motifs is 1. The summed E-state index contributed by atoms with van der Waals surface area (Å²) in [5, 5.41) is 9.78. The summed E-state index contributed by atoms with van der Waals surface area (Å²) >= 11 is 6.33. The first-order chi connectivity index (χ1) is 13.6. The molecule has 0 aliphatic rings. The van der Waals surface area contributed by atoms with Gasteiger partial charge in [-0.25, -0.2) is 4.98 Å². The van der Waals surface area contributed by atoms with E-state index in [1.165, 1.54) is 12.4 Å². The van der Waals surface area contributed by atoms with Crippen molar-refractivity contribution in [3.05, 3.63) is 76.8 Å². The number of hydrogen-bond donors (Lipinski definition) is 2. The molecule has 0 radical (unpaired) electrons. The minimum atomic E-state index is -0.340. The fraction of sp³-hybridized carbons (Fsp3) is 0. The molecule has 0 saturated heterocycles. The SMILES string of the molecule is N#Cc1cnc2[nH]cc(C(=O)c3ccc(Oc4cccnc4)cc3Cl)c2c1N. The Bertz CT molecular complexity index is 1240.